The summed E-state index contributed by atoms with van der Waals surface area (Å²) < 4.78 is 23.4. The number of non-ortho nitro benzene ring substituents is 1. The molecular weight excluding hydrogens is 777 g/mol. The van der Waals surface area contributed by atoms with Crippen LogP contribution < -0.4 is 5.32 Å². The van der Waals surface area contributed by atoms with Crippen molar-refractivity contribution in [2.75, 3.05) is 13.2 Å². The van der Waals surface area contributed by atoms with E-state index in [2.05, 4.69) is 10.3 Å². The molecule has 0 bridgehead atoms. The van der Waals surface area contributed by atoms with Gasteiger partial charge in [0.25, 0.3) is 5.69 Å². The van der Waals surface area contributed by atoms with Gasteiger partial charge in [-0.2, -0.15) is 9.89 Å². The number of carbonyl (C=O) groups excluding carboxylic acids is 5. The van der Waals surface area contributed by atoms with E-state index in [4.69, 9.17) is 18.9 Å². The minimum absolute atomic E-state index is 0.0618. The Hall–Kier alpha value is -6.10. The van der Waals surface area contributed by atoms with Gasteiger partial charge in [-0.3, -0.25) is 19.7 Å². The lowest BCUT2D eigenvalue weighted by Crippen LogP contribution is -2.48. The number of hydrogen-bond acceptors (Lipinski definition) is 12. The summed E-state index contributed by atoms with van der Waals surface area (Å²) >= 11 is 0. The standard InChI is InChI=1S/C43H56N6O11/c1-11-57-35(50)27-46-24-31-20-21-47(26-32(31)25-46)37(51)34(22-28-14-18-33(19-15-28)49(55)56)44-23-29-12-16-30(17-13-29)36(45-38(52)58-41(2,3)4)48(39(53)59-42(5,6)7)40(54)60-43(8,9)10/h12-19,24-25,34,44H,11,20-23,26-27H2,1-10H3/t34-/m0/s1. The van der Waals surface area contributed by atoms with E-state index in [1.807, 2.05) is 12.4 Å². The maximum Gasteiger partial charge on any atom is 0.436 e. The van der Waals surface area contributed by atoms with Crippen molar-refractivity contribution in [2.45, 2.75) is 125 Å². The second-order valence-corrected chi connectivity index (χ2v) is 17.3. The Balaban J connectivity index is 1.64. The summed E-state index contributed by atoms with van der Waals surface area (Å²) in [5, 5.41) is 14.7. The first-order chi connectivity index (χ1) is 27.9. The van der Waals surface area contributed by atoms with Crippen LogP contribution in [-0.2, 0) is 61.0 Å². The third-order valence-corrected chi connectivity index (χ3v) is 8.60. The zero-order chi connectivity index (χ0) is 44.6. The second-order valence-electron chi connectivity index (χ2n) is 17.3. The molecule has 4 rings (SSSR count). The molecule has 1 aliphatic heterocycles. The van der Waals surface area contributed by atoms with Crippen LogP contribution in [0.5, 0.6) is 0 Å². The van der Waals surface area contributed by atoms with Gasteiger partial charge in [0, 0.05) is 49.7 Å². The second kappa shape index (κ2) is 19.3. The minimum atomic E-state index is -1.13. The van der Waals surface area contributed by atoms with Crippen LogP contribution in [-0.4, -0.2) is 91.3 Å². The van der Waals surface area contributed by atoms with Gasteiger partial charge in [-0.05, 0) is 104 Å². The lowest BCUT2D eigenvalue weighted by molar-refractivity contribution is -0.384. The maximum absolute atomic E-state index is 14.2. The molecule has 0 radical (unpaired) electrons. The molecular formula is C43H56N6O11. The highest BCUT2D eigenvalue weighted by molar-refractivity contribution is 6.18. The maximum atomic E-state index is 14.2. The highest BCUT2D eigenvalue weighted by atomic mass is 16.6. The Kier molecular flexibility index (Phi) is 15.0. The average molecular weight is 833 g/mol. The van der Waals surface area contributed by atoms with E-state index in [0.29, 0.717) is 35.5 Å². The minimum Gasteiger partial charge on any atom is -0.465 e. The predicted molar refractivity (Wildman–Crippen MR) is 221 cm³/mol. The fourth-order valence-electron chi connectivity index (χ4n) is 6.09. The molecule has 0 aliphatic carbocycles. The topological polar surface area (TPSA) is 201 Å². The molecule has 0 unspecified atom stereocenters. The van der Waals surface area contributed by atoms with E-state index in [1.165, 1.54) is 12.1 Å². The molecule has 1 aromatic heterocycles. The normalized spacial score (nSPS) is 13.8. The number of hydrogen-bond donors (Lipinski definition) is 1. The van der Waals surface area contributed by atoms with Crippen molar-refractivity contribution < 1.29 is 47.8 Å². The molecule has 324 valence electrons. The van der Waals surface area contributed by atoms with E-state index in [9.17, 15) is 34.1 Å². The van der Waals surface area contributed by atoms with Crippen LogP contribution in [0.15, 0.2) is 65.9 Å². The molecule has 0 saturated heterocycles. The molecule has 0 spiro atoms. The molecule has 1 aliphatic rings. The van der Waals surface area contributed by atoms with E-state index in [0.717, 1.165) is 11.1 Å². The van der Waals surface area contributed by atoms with Gasteiger partial charge < -0.3 is 33.7 Å². The lowest BCUT2D eigenvalue weighted by Gasteiger charge is -2.31. The number of aliphatic imine (C=N–C) groups is 1. The van der Waals surface area contributed by atoms with Crippen molar-refractivity contribution in [3.8, 4) is 0 Å². The number of esters is 1. The summed E-state index contributed by atoms with van der Waals surface area (Å²) in [7, 11) is 0. The molecule has 60 heavy (non-hydrogen) atoms. The smallest absolute Gasteiger partial charge is 0.436 e. The zero-order valence-corrected chi connectivity index (χ0v) is 36.0. The molecule has 0 saturated carbocycles. The fraction of sp³-hybridized carbons (Fsp3) is 0.488. The Morgan fingerprint density at radius 1 is 0.817 bits per heavy atom. The van der Waals surface area contributed by atoms with Crippen molar-refractivity contribution in [1.82, 2.24) is 19.7 Å². The van der Waals surface area contributed by atoms with E-state index < -0.39 is 46.0 Å². The average Bonchev–Trinajstić information content (AvgIpc) is 3.52. The van der Waals surface area contributed by atoms with Crippen LogP contribution >= 0.6 is 0 Å². The van der Waals surface area contributed by atoms with Gasteiger partial charge in [-0.1, -0.05) is 36.4 Å². The number of benzene rings is 2. The van der Waals surface area contributed by atoms with E-state index in [-0.39, 0.29) is 55.1 Å². The van der Waals surface area contributed by atoms with Crippen molar-refractivity contribution >= 4 is 41.7 Å². The number of nitrogens with zero attached hydrogens (tertiary/aromatic N) is 5. The Bertz CT molecular complexity index is 2040. The first-order valence-electron chi connectivity index (χ1n) is 19.7. The first kappa shape index (κ1) is 46.6. The third-order valence-electron chi connectivity index (χ3n) is 8.60. The number of aromatic nitrogens is 1. The number of amides is 4. The van der Waals surface area contributed by atoms with Crippen LogP contribution in [0.1, 0.15) is 97.1 Å². The van der Waals surface area contributed by atoms with Gasteiger partial charge in [-0.25, -0.2) is 14.4 Å². The summed E-state index contributed by atoms with van der Waals surface area (Å²) in [5.41, 5.74) is 0.445. The SMILES string of the molecule is CCOC(=O)Cn1cc2c(c1)CN(C(=O)[C@H](Cc1ccc([N+](=O)[O-])cc1)NCc1ccc(C(=NC(=O)OC(C)(C)C)N(C(=O)OC(C)(C)C)C(=O)OC(C)(C)C)cc1)CC2. The Labute approximate surface area is 350 Å². The van der Waals surface area contributed by atoms with Crippen LogP contribution in [0.4, 0.5) is 20.1 Å². The fourth-order valence-corrected chi connectivity index (χ4v) is 6.09. The first-order valence-corrected chi connectivity index (χ1v) is 19.7. The van der Waals surface area contributed by atoms with Crippen molar-refractivity contribution in [3.63, 3.8) is 0 Å². The Morgan fingerprint density at radius 2 is 1.37 bits per heavy atom. The quantitative estimate of drug-likeness (QED) is 0.0514. The van der Waals surface area contributed by atoms with Crippen LogP contribution in [0.2, 0.25) is 0 Å². The molecule has 17 heteroatoms. The summed E-state index contributed by atoms with van der Waals surface area (Å²) in [5.74, 6) is -0.932. The number of carbonyl (C=O) groups is 5. The third kappa shape index (κ3) is 14.0. The highest BCUT2D eigenvalue weighted by Crippen LogP contribution is 2.24. The van der Waals surface area contributed by atoms with E-state index >= 15 is 0 Å². The molecule has 4 amide bonds. The largest absolute Gasteiger partial charge is 0.465 e. The van der Waals surface area contributed by atoms with Gasteiger partial charge in [0.15, 0.2) is 5.84 Å². The van der Waals surface area contributed by atoms with Crippen LogP contribution in [0.25, 0.3) is 0 Å². The molecule has 2 heterocycles. The van der Waals surface area contributed by atoms with Gasteiger partial charge in [-0.15, -0.1) is 0 Å². The summed E-state index contributed by atoms with van der Waals surface area (Å²) in [6, 6.07) is 11.7. The van der Waals surface area contributed by atoms with Crippen molar-refractivity contribution in [1.29, 1.82) is 0 Å². The number of ether oxygens (including phenoxy) is 4. The number of fused-ring (bicyclic) bond motifs is 1. The van der Waals surface area contributed by atoms with Crippen molar-refractivity contribution in [3.05, 3.63) is 98.9 Å². The molecule has 17 nitrogen and oxygen atoms in total. The number of nitrogens with one attached hydrogen (secondary N) is 1. The lowest BCUT2D eigenvalue weighted by atomic mass is 10.0. The van der Waals surface area contributed by atoms with Gasteiger partial charge in [0.05, 0.1) is 17.6 Å². The monoisotopic (exact) mass is 832 g/mol. The number of amidine groups is 1. The van der Waals surface area contributed by atoms with Gasteiger partial charge in [0.1, 0.15) is 23.3 Å². The predicted octanol–water partition coefficient (Wildman–Crippen LogP) is 7.10. The van der Waals surface area contributed by atoms with Crippen molar-refractivity contribution in [2.24, 2.45) is 4.99 Å². The molecule has 0 fully saturated rings. The summed E-state index contributed by atoms with van der Waals surface area (Å²) in [6.45, 7) is 17.7. The molecule has 3 aromatic rings. The number of nitro benzene ring substituents is 1. The van der Waals surface area contributed by atoms with E-state index in [1.54, 1.807) is 115 Å². The zero-order valence-electron chi connectivity index (χ0n) is 36.0. The summed E-state index contributed by atoms with van der Waals surface area (Å²) in [4.78, 5) is 83.9. The van der Waals surface area contributed by atoms with Gasteiger partial charge >= 0.3 is 24.2 Å². The molecule has 1 N–H and O–H groups in total. The summed E-state index contributed by atoms with van der Waals surface area (Å²) in [6.07, 6.45) is 1.23. The van der Waals surface area contributed by atoms with Crippen LogP contribution in [0, 0.1) is 10.1 Å². The molecule has 1 atom stereocenters. The molecule has 2 aromatic carbocycles. The Morgan fingerprint density at radius 3 is 1.90 bits per heavy atom. The van der Waals surface area contributed by atoms with Gasteiger partial charge in [0.2, 0.25) is 5.91 Å². The number of imide groups is 1. The highest BCUT2D eigenvalue weighted by Gasteiger charge is 2.37. The van der Waals surface area contributed by atoms with Crippen LogP contribution in [0.3, 0.4) is 0 Å². The number of nitro groups is 1. The number of rotatable bonds is 11.